The van der Waals surface area contributed by atoms with Crippen molar-refractivity contribution in [1.82, 2.24) is 10.6 Å². The van der Waals surface area contributed by atoms with E-state index in [1.165, 1.54) is 0 Å². The van der Waals surface area contributed by atoms with Crippen LogP contribution in [0.1, 0.15) is 28.3 Å². The van der Waals surface area contributed by atoms with Crippen LogP contribution < -0.4 is 10.6 Å². The summed E-state index contributed by atoms with van der Waals surface area (Å²) in [6.07, 6.45) is 0. The third-order valence-corrected chi connectivity index (χ3v) is 4.81. The SMILES string of the molecule is N#Cc1ccc(C2NC(=S)NC(c3ccccc3)=C2c2ccccc2)cc1. The molecule has 1 heterocycles. The standard InChI is InChI=1S/C23H17N3S/c24-15-16-11-13-19(14-12-16)22-20(17-7-3-1-4-8-17)21(25-23(27)26-22)18-9-5-2-6-10-18/h1-14,22H,(H2,25,26,27). The van der Waals surface area contributed by atoms with Gasteiger partial charge in [-0.05, 0) is 41.0 Å². The summed E-state index contributed by atoms with van der Waals surface area (Å²) in [7, 11) is 0. The number of nitriles is 1. The second kappa shape index (κ2) is 7.45. The molecule has 0 aromatic heterocycles. The van der Waals surface area contributed by atoms with Crippen LogP contribution in [0.5, 0.6) is 0 Å². The number of rotatable bonds is 3. The molecular weight excluding hydrogens is 350 g/mol. The van der Waals surface area contributed by atoms with Crippen molar-refractivity contribution in [2.75, 3.05) is 0 Å². The maximum atomic E-state index is 9.10. The zero-order chi connectivity index (χ0) is 18.6. The van der Waals surface area contributed by atoms with Crippen LogP contribution in [0.4, 0.5) is 0 Å². The Hall–Kier alpha value is -3.42. The summed E-state index contributed by atoms with van der Waals surface area (Å²) in [5.74, 6) is 0. The first-order chi connectivity index (χ1) is 13.3. The van der Waals surface area contributed by atoms with E-state index in [1.807, 2.05) is 60.7 Å². The third kappa shape index (κ3) is 3.46. The van der Waals surface area contributed by atoms with Crippen molar-refractivity contribution in [2.24, 2.45) is 0 Å². The fourth-order valence-electron chi connectivity index (χ4n) is 3.33. The minimum absolute atomic E-state index is 0.107. The molecule has 0 aliphatic carbocycles. The average molecular weight is 367 g/mol. The first-order valence-corrected chi connectivity index (χ1v) is 9.09. The molecule has 2 N–H and O–H groups in total. The Morgan fingerprint density at radius 1 is 0.778 bits per heavy atom. The fraction of sp³-hybridized carbons (Fsp3) is 0.0435. The molecule has 4 rings (SSSR count). The molecule has 0 radical (unpaired) electrons. The molecule has 0 saturated carbocycles. The van der Waals surface area contributed by atoms with Crippen molar-refractivity contribution in [3.05, 3.63) is 107 Å². The molecule has 0 fully saturated rings. The molecule has 1 aliphatic heterocycles. The lowest BCUT2D eigenvalue weighted by molar-refractivity contribution is 0.785. The van der Waals surface area contributed by atoms with Crippen molar-refractivity contribution in [2.45, 2.75) is 6.04 Å². The molecule has 3 aromatic carbocycles. The van der Waals surface area contributed by atoms with E-state index < -0.39 is 0 Å². The van der Waals surface area contributed by atoms with E-state index in [-0.39, 0.29) is 6.04 Å². The monoisotopic (exact) mass is 367 g/mol. The summed E-state index contributed by atoms with van der Waals surface area (Å²) in [4.78, 5) is 0. The molecule has 0 spiro atoms. The summed E-state index contributed by atoms with van der Waals surface area (Å²) in [6.45, 7) is 0. The summed E-state index contributed by atoms with van der Waals surface area (Å²) in [5, 5.41) is 16.4. The number of hydrogen-bond donors (Lipinski definition) is 2. The maximum Gasteiger partial charge on any atom is 0.171 e. The Balaban J connectivity index is 1.93. The fourth-order valence-corrected chi connectivity index (χ4v) is 3.55. The summed E-state index contributed by atoms with van der Waals surface area (Å²) >= 11 is 5.50. The number of benzene rings is 3. The normalized spacial score (nSPS) is 16.3. The molecular formula is C23H17N3S. The highest BCUT2D eigenvalue weighted by molar-refractivity contribution is 7.80. The Kier molecular flexibility index (Phi) is 4.69. The van der Waals surface area contributed by atoms with E-state index in [2.05, 4.69) is 41.0 Å². The molecule has 130 valence electrons. The van der Waals surface area contributed by atoms with Gasteiger partial charge in [-0.3, -0.25) is 0 Å². The first-order valence-electron chi connectivity index (χ1n) is 8.69. The topological polar surface area (TPSA) is 47.9 Å². The van der Waals surface area contributed by atoms with Crippen LogP contribution in [0.25, 0.3) is 11.3 Å². The second-order valence-electron chi connectivity index (χ2n) is 6.29. The number of thiocarbonyl (C=S) groups is 1. The third-order valence-electron chi connectivity index (χ3n) is 4.59. The Morgan fingerprint density at radius 2 is 1.37 bits per heavy atom. The van der Waals surface area contributed by atoms with E-state index in [0.717, 1.165) is 28.0 Å². The van der Waals surface area contributed by atoms with E-state index >= 15 is 0 Å². The zero-order valence-corrected chi connectivity index (χ0v) is 15.3. The highest BCUT2D eigenvalue weighted by Gasteiger charge is 2.28. The van der Waals surface area contributed by atoms with Crippen LogP contribution >= 0.6 is 12.2 Å². The van der Waals surface area contributed by atoms with Crippen molar-refractivity contribution < 1.29 is 0 Å². The largest absolute Gasteiger partial charge is 0.351 e. The van der Waals surface area contributed by atoms with Gasteiger partial charge in [-0.1, -0.05) is 72.8 Å². The van der Waals surface area contributed by atoms with Gasteiger partial charge in [0.15, 0.2) is 5.11 Å². The van der Waals surface area contributed by atoms with Gasteiger partial charge < -0.3 is 10.6 Å². The van der Waals surface area contributed by atoms with Gasteiger partial charge in [-0.25, -0.2) is 0 Å². The van der Waals surface area contributed by atoms with E-state index in [4.69, 9.17) is 17.5 Å². The van der Waals surface area contributed by atoms with Crippen molar-refractivity contribution in [3.63, 3.8) is 0 Å². The lowest BCUT2D eigenvalue weighted by Crippen LogP contribution is -2.42. The van der Waals surface area contributed by atoms with Gasteiger partial charge >= 0.3 is 0 Å². The molecule has 1 unspecified atom stereocenters. The number of hydrogen-bond acceptors (Lipinski definition) is 2. The Morgan fingerprint density at radius 3 is 1.96 bits per heavy atom. The molecule has 1 atom stereocenters. The number of nitrogens with one attached hydrogen (secondary N) is 2. The van der Waals surface area contributed by atoms with Crippen LogP contribution in [0.3, 0.4) is 0 Å². The van der Waals surface area contributed by atoms with Crippen LogP contribution in [-0.2, 0) is 0 Å². The molecule has 0 bridgehead atoms. The van der Waals surface area contributed by atoms with Crippen molar-refractivity contribution in [1.29, 1.82) is 5.26 Å². The van der Waals surface area contributed by atoms with Gasteiger partial charge in [0.05, 0.1) is 23.4 Å². The van der Waals surface area contributed by atoms with Gasteiger partial charge in [-0.15, -0.1) is 0 Å². The smallest absolute Gasteiger partial charge is 0.171 e. The second-order valence-corrected chi connectivity index (χ2v) is 6.69. The predicted octanol–water partition coefficient (Wildman–Crippen LogP) is 4.65. The number of nitrogens with zero attached hydrogens (tertiary/aromatic N) is 1. The van der Waals surface area contributed by atoms with Crippen LogP contribution in [0.15, 0.2) is 84.9 Å². The van der Waals surface area contributed by atoms with E-state index in [1.54, 1.807) is 0 Å². The van der Waals surface area contributed by atoms with Gasteiger partial charge in [-0.2, -0.15) is 5.26 Å². The molecule has 1 aliphatic rings. The molecule has 3 nitrogen and oxygen atoms in total. The van der Waals surface area contributed by atoms with E-state index in [9.17, 15) is 0 Å². The molecule has 0 amide bonds. The maximum absolute atomic E-state index is 9.10. The van der Waals surface area contributed by atoms with E-state index in [0.29, 0.717) is 10.7 Å². The highest BCUT2D eigenvalue weighted by atomic mass is 32.1. The minimum atomic E-state index is -0.107. The Bertz CT molecular complexity index is 1030. The Labute approximate surface area is 164 Å². The first kappa shape index (κ1) is 17.0. The highest BCUT2D eigenvalue weighted by Crippen LogP contribution is 2.37. The molecule has 0 saturated heterocycles. The average Bonchev–Trinajstić information content (AvgIpc) is 2.74. The lowest BCUT2D eigenvalue weighted by Gasteiger charge is -2.33. The minimum Gasteiger partial charge on any atom is -0.351 e. The van der Waals surface area contributed by atoms with Crippen LogP contribution in [-0.4, -0.2) is 5.11 Å². The van der Waals surface area contributed by atoms with Gasteiger partial charge in [0.25, 0.3) is 0 Å². The quantitative estimate of drug-likeness (QED) is 0.662. The van der Waals surface area contributed by atoms with Crippen LogP contribution in [0, 0.1) is 11.3 Å². The van der Waals surface area contributed by atoms with Crippen molar-refractivity contribution >= 4 is 28.6 Å². The summed E-state index contributed by atoms with van der Waals surface area (Å²) < 4.78 is 0. The van der Waals surface area contributed by atoms with Gasteiger partial charge in [0, 0.05) is 5.57 Å². The van der Waals surface area contributed by atoms with Gasteiger partial charge in [0.1, 0.15) is 0 Å². The summed E-state index contributed by atoms with van der Waals surface area (Å²) in [5.41, 5.74) is 6.03. The van der Waals surface area contributed by atoms with Crippen LogP contribution in [0.2, 0.25) is 0 Å². The summed E-state index contributed by atoms with van der Waals surface area (Å²) in [6, 6.07) is 30.2. The lowest BCUT2D eigenvalue weighted by atomic mass is 9.88. The predicted molar refractivity (Wildman–Crippen MR) is 112 cm³/mol. The molecule has 27 heavy (non-hydrogen) atoms. The van der Waals surface area contributed by atoms with Crippen molar-refractivity contribution in [3.8, 4) is 6.07 Å². The molecule has 4 heteroatoms. The zero-order valence-electron chi connectivity index (χ0n) is 14.5. The molecule has 3 aromatic rings. The van der Waals surface area contributed by atoms with Gasteiger partial charge in [0.2, 0.25) is 0 Å².